The van der Waals surface area contributed by atoms with E-state index >= 15 is 0 Å². The molecule has 188 valence electrons. The van der Waals surface area contributed by atoms with Gasteiger partial charge in [0, 0.05) is 31.7 Å². The molecular formula is C23H27F3N6O2S. The Bertz CT molecular complexity index is 1360. The summed E-state index contributed by atoms with van der Waals surface area (Å²) in [4.78, 5) is 15.2. The third kappa shape index (κ3) is 4.95. The van der Waals surface area contributed by atoms with Gasteiger partial charge in [-0.25, -0.2) is 36.5 Å². The minimum atomic E-state index is -3.82. The zero-order valence-corrected chi connectivity index (χ0v) is 20.7. The zero-order valence-electron chi connectivity index (χ0n) is 19.9. The van der Waals surface area contributed by atoms with Crippen LogP contribution in [0.15, 0.2) is 29.2 Å². The van der Waals surface area contributed by atoms with Crippen molar-refractivity contribution in [2.45, 2.75) is 38.1 Å². The van der Waals surface area contributed by atoms with E-state index in [0.29, 0.717) is 43.1 Å². The quantitative estimate of drug-likeness (QED) is 0.541. The van der Waals surface area contributed by atoms with Gasteiger partial charge in [-0.15, -0.1) is 0 Å². The average Bonchev–Trinajstić information content (AvgIpc) is 2.78. The first-order valence-corrected chi connectivity index (χ1v) is 12.6. The molecule has 3 heterocycles. The minimum Gasteiger partial charge on any atom is -0.363 e. The molecule has 0 aliphatic carbocycles. The van der Waals surface area contributed by atoms with E-state index in [-0.39, 0.29) is 21.9 Å². The van der Waals surface area contributed by atoms with Crippen LogP contribution < -0.4 is 5.32 Å². The van der Waals surface area contributed by atoms with Gasteiger partial charge in [-0.1, -0.05) is 18.2 Å². The summed E-state index contributed by atoms with van der Waals surface area (Å²) in [7, 11) is -1.88. The fourth-order valence-electron chi connectivity index (χ4n) is 4.13. The van der Waals surface area contributed by atoms with Crippen molar-refractivity contribution in [3.05, 3.63) is 52.7 Å². The van der Waals surface area contributed by atoms with Crippen molar-refractivity contribution in [3.8, 4) is 0 Å². The molecule has 1 aromatic carbocycles. The number of likely N-dealkylation sites (N-methyl/N-ethyl adjacent to an activating group) is 1. The third-order valence-corrected chi connectivity index (χ3v) is 8.15. The lowest BCUT2D eigenvalue weighted by atomic mass is 10.0. The number of pyridine rings is 1. The van der Waals surface area contributed by atoms with Crippen LogP contribution in [0.25, 0.3) is 11.0 Å². The Kier molecular flexibility index (Phi) is 6.98. The van der Waals surface area contributed by atoms with Crippen molar-refractivity contribution in [2.75, 3.05) is 38.5 Å². The van der Waals surface area contributed by atoms with Crippen LogP contribution in [0.4, 0.5) is 19.0 Å². The average molecular weight is 509 g/mol. The molecule has 8 nitrogen and oxygen atoms in total. The molecule has 12 heteroatoms. The summed E-state index contributed by atoms with van der Waals surface area (Å²) in [6.45, 7) is 6.84. The number of fused-ring (bicyclic) bond motifs is 1. The van der Waals surface area contributed by atoms with Gasteiger partial charge in [-0.2, -0.15) is 4.31 Å². The predicted molar refractivity (Wildman–Crippen MR) is 126 cm³/mol. The van der Waals surface area contributed by atoms with E-state index in [0.717, 1.165) is 6.07 Å². The van der Waals surface area contributed by atoms with Crippen molar-refractivity contribution in [3.63, 3.8) is 0 Å². The number of hydrogen-bond acceptors (Lipinski definition) is 7. The maximum atomic E-state index is 14.7. The lowest BCUT2D eigenvalue weighted by Gasteiger charge is -2.31. The van der Waals surface area contributed by atoms with Crippen molar-refractivity contribution in [1.29, 1.82) is 0 Å². The number of aryl methyl sites for hydroxylation is 2. The normalized spacial score (nSPS) is 16.7. The molecule has 0 amide bonds. The van der Waals surface area contributed by atoms with E-state index in [1.54, 1.807) is 20.8 Å². The first-order valence-electron chi connectivity index (χ1n) is 11.2. The monoisotopic (exact) mass is 508 g/mol. The Morgan fingerprint density at radius 3 is 2.34 bits per heavy atom. The molecule has 3 aromatic rings. The van der Waals surface area contributed by atoms with Gasteiger partial charge < -0.3 is 10.2 Å². The van der Waals surface area contributed by atoms with E-state index in [2.05, 4.69) is 25.2 Å². The fraction of sp³-hybridized carbons (Fsp3) is 0.435. The Morgan fingerprint density at radius 1 is 1.03 bits per heavy atom. The number of rotatable bonds is 6. The summed E-state index contributed by atoms with van der Waals surface area (Å²) in [5, 5.41) is 3.38. The van der Waals surface area contributed by atoms with Gasteiger partial charge in [0.15, 0.2) is 5.65 Å². The Morgan fingerprint density at radius 2 is 1.69 bits per heavy atom. The smallest absolute Gasteiger partial charge is 0.266 e. The summed E-state index contributed by atoms with van der Waals surface area (Å²) in [5.41, 5.74) is -0.0525. The van der Waals surface area contributed by atoms with Crippen molar-refractivity contribution >= 4 is 26.9 Å². The number of nitrogens with zero attached hydrogens (tertiary/aromatic N) is 5. The number of nitrogens with one attached hydrogen (secondary N) is 1. The maximum Gasteiger partial charge on any atom is 0.266 e. The topological polar surface area (TPSA) is 91.3 Å². The van der Waals surface area contributed by atoms with Crippen molar-refractivity contribution < 1.29 is 21.6 Å². The highest BCUT2D eigenvalue weighted by atomic mass is 32.2. The van der Waals surface area contributed by atoms with Gasteiger partial charge >= 0.3 is 0 Å². The third-order valence-electron chi connectivity index (χ3n) is 6.14. The van der Waals surface area contributed by atoms with Crippen LogP contribution in [-0.4, -0.2) is 65.8 Å². The van der Waals surface area contributed by atoms with Gasteiger partial charge in [0.25, 0.3) is 6.43 Å². The summed E-state index contributed by atoms with van der Waals surface area (Å²) in [6, 6.07) is 4.56. The molecule has 1 saturated heterocycles. The minimum absolute atomic E-state index is 0.0394. The Balaban J connectivity index is 1.76. The molecule has 1 fully saturated rings. The molecule has 4 rings (SSSR count). The number of sulfonamides is 1. The molecule has 0 saturated carbocycles. The van der Waals surface area contributed by atoms with Crippen LogP contribution in [0, 0.1) is 19.7 Å². The predicted octanol–water partition coefficient (Wildman–Crippen LogP) is 3.83. The second kappa shape index (κ2) is 9.67. The van der Waals surface area contributed by atoms with Crippen LogP contribution in [0.1, 0.15) is 42.0 Å². The van der Waals surface area contributed by atoms with Gasteiger partial charge in [0.05, 0.1) is 22.7 Å². The molecule has 0 radical (unpaired) electrons. The van der Waals surface area contributed by atoms with Crippen LogP contribution in [0.3, 0.4) is 0 Å². The standard InChI is InChI=1S/C23H27F3N6O2S/c1-13(16-6-5-7-17(20(16)24)21(25)26)27-22-18-12-19(14(2)28-23(18)30-15(3)29-22)35(33,34)32-10-8-31(4)9-11-32/h5-7,12-13,21H,8-11H2,1-4H3,(H,27,28,29,30)/t13-/m1/s1. The number of aromatic nitrogens is 3. The van der Waals surface area contributed by atoms with Crippen LogP contribution in [-0.2, 0) is 10.0 Å². The lowest BCUT2D eigenvalue weighted by molar-refractivity contribution is 0.146. The first-order chi connectivity index (χ1) is 16.5. The van der Waals surface area contributed by atoms with Gasteiger partial charge in [0.2, 0.25) is 10.0 Å². The Hall–Kier alpha value is -2.83. The van der Waals surface area contributed by atoms with E-state index in [1.165, 1.54) is 22.5 Å². The van der Waals surface area contributed by atoms with Crippen molar-refractivity contribution in [1.82, 2.24) is 24.2 Å². The molecular weight excluding hydrogens is 481 g/mol. The van der Waals surface area contributed by atoms with Gasteiger partial charge in [-0.3, -0.25) is 0 Å². The molecule has 0 spiro atoms. The molecule has 1 atom stereocenters. The van der Waals surface area contributed by atoms with E-state index in [9.17, 15) is 21.6 Å². The van der Waals surface area contributed by atoms with E-state index in [1.807, 2.05) is 7.05 Å². The largest absolute Gasteiger partial charge is 0.363 e. The lowest BCUT2D eigenvalue weighted by Crippen LogP contribution is -2.47. The first kappa shape index (κ1) is 25.3. The number of benzene rings is 1. The SMILES string of the molecule is Cc1nc(N[C@H](C)c2cccc(C(F)F)c2F)c2cc(S(=O)(=O)N3CCN(C)CC3)c(C)nc2n1. The highest BCUT2D eigenvalue weighted by molar-refractivity contribution is 7.89. The maximum absolute atomic E-state index is 14.7. The molecule has 2 aromatic heterocycles. The molecule has 1 aliphatic rings. The number of halogens is 3. The number of hydrogen-bond donors (Lipinski definition) is 1. The fourth-order valence-corrected chi connectivity index (χ4v) is 5.73. The molecule has 0 bridgehead atoms. The number of piperazine rings is 1. The van der Waals surface area contributed by atoms with Gasteiger partial charge in [-0.05, 0) is 33.9 Å². The van der Waals surface area contributed by atoms with E-state index < -0.39 is 33.9 Å². The van der Waals surface area contributed by atoms with Crippen LogP contribution in [0.5, 0.6) is 0 Å². The number of anilines is 1. The number of alkyl halides is 2. The second-order valence-electron chi connectivity index (χ2n) is 8.69. The highest BCUT2D eigenvalue weighted by Gasteiger charge is 2.30. The van der Waals surface area contributed by atoms with Crippen molar-refractivity contribution in [2.24, 2.45) is 0 Å². The molecule has 0 unspecified atom stereocenters. The summed E-state index contributed by atoms with van der Waals surface area (Å²) in [6.07, 6.45) is -2.95. The van der Waals surface area contributed by atoms with Gasteiger partial charge in [0.1, 0.15) is 22.4 Å². The van der Waals surface area contributed by atoms with E-state index in [4.69, 9.17) is 0 Å². The second-order valence-corrected chi connectivity index (χ2v) is 10.6. The summed E-state index contributed by atoms with van der Waals surface area (Å²) >= 11 is 0. The molecule has 35 heavy (non-hydrogen) atoms. The summed E-state index contributed by atoms with van der Waals surface area (Å²) in [5.74, 6) is -0.385. The molecule has 1 aliphatic heterocycles. The highest BCUT2D eigenvalue weighted by Crippen LogP contribution is 2.32. The zero-order chi connectivity index (χ0) is 25.5. The Labute approximate surface area is 202 Å². The van der Waals surface area contributed by atoms with Crippen LogP contribution >= 0.6 is 0 Å². The summed E-state index contributed by atoms with van der Waals surface area (Å²) < 4.78 is 69.3. The van der Waals surface area contributed by atoms with Crippen LogP contribution in [0.2, 0.25) is 0 Å². The molecule has 1 N–H and O–H groups in total.